The van der Waals surface area contributed by atoms with Gasteiger partial charge in [0.05, 0.1) is 11.6 Å². The fourth-order valence-electron chi connectivity index (χ4n) is 3.33. The van der Waals surface area contributed by atoms with Crippen LogP contribution in [0.15, 0.2) is 42.5 Å². The lowest BCUT2D eigenvalue weighted by molar-refractivity contribution is -0.152. The van der Waals surface area contributed by atoms with E-state index in [9.17, 15) is 18.8 Å². The fraction of sp³-hybridized carbons (Fsp3) is 0.286. The molecule has 0 spiro atoms. The monoisotopic (exact) mass is 414 g/mol. The maximum Gasteiger partial charge on any atom is 0.311 e. The molecular weight excluding hydrogens is 395 g/mol. The lowest BCUT2D eigenvalue weighted by Gasteiger charge is -2.17. The Hall–Kier alpha value is -3.62. The Morgan fingerprint density at radius 2 is 1.97 bits per heavy atom. The Morgan fingerprint density at radius 1 is 1.17 bits per heavy atom. The molecule has 1 N–H and O–H groups in total. The van der Waals surface area contributed by atoms with Gasteiger partial charge in [-0.3, -0.25) is 14.4 Å². The normalized spacial score (nSPS) is 17.2. The second-order valence-corrected chi connectivity index (χ2v) is 6.93. The van der Waals surface area contributed by atoms with Gasteiger partial charge in [0, 0.05) is 19.5 Å². The minimum absolute atomic E-state index is 0.0113. The number of amides is 2. The molecule has 0 saturated carbocycles. The van der Waals surface area contributed by atoms with Crippen LogP contribution >= 0.6 is 0 Å². The molecule has 2 aromatic rings. The smallest absolute Gasteiger partial charge is 0.311 e. The van der Waals surface area contributed by atoms with Crippen LogP contribution in [0.4, 0.5) is 10.1 Å². The van der Waals surface area contributed by atoms with E-state index < -0.39 is 30.2 Å². The number of fused-ring (bicyclic) bond motifs is 1. The molecule has 0 aliphatic carbocycles. The van der Waals surface area contributed by atoms with Crippen LogP contribution in [-0.2, 0) is 25.7 Å². The summed E-state index contributed by atoms with van der Waals surface area (Å²) in [5.74, 6) is -1.54. The molecule has 0 unspecified atom stereocenters. The molecule has 156 valence electrons. The van der Waals surface area contributed by atoms with E-state index in [2.05, 4.69) is 5.32 Å². The van der Waals surface area contributed by atoms with Crippen LogP contribution in [-0.4, -0.2) is 37.7 Å². The molecule has 2 aliphatic rings. The molecule has 2 aliphatic heterocycles. The molecule has 0 radical (unpaired) electrons. The van der Waals surface area contributed by atoms with E-state index in [4.69, 9.17) is 14.2 Å². The fourth-order valence-corrected chi connectivity index (χ4v) is 3.33. The lowest BCUT2D eigenvalue weighted by atomic mass is 10.1. The summed E-state index contributed by atoms with van der Waals surface area (Å²) >= 11 is 0. The van der Waals surface area contributed by atoms with Crippen molar-refractivity contribution in [3.63, 3.8) is 0 Å². The van der Waals surface area contributed by atoms with Crippen molar-refractivity contribution in [1.82, 2.24) is 5.32 Å². The Morgan fingerprint density at radius 3 is 2.80 bits per heavy atom. The number of anilines is 1. The van der Waals surface area contributed by atoms with Crippen LogP contribution in [0.3, 0.4) is 0 Å². The predicted octanol–water partition coefficient (Wildman–Crippen LogP) is 1.77. The highest BCUT2D eigenvalue weighted by atomic mass is 19.1. The number of halogens is 1. The number of carbonyl (C=O) groups is 3. The number of ether oxygens (including phenoxy) is 3. The Bertz CT molecular complexity index is 995. The molecule has 9 heteroatoms. The zero-order chi connectivity index (χ0) is 21.1. The quantitative estimate of drug-likeness (QED) is 0.724. The highest BCUT2D eigenvalue weighted by molar-refractivity contribution is 5.99. The first-order valence-electron chi connectivity index (χ1n) is 9.38. The van der Waals surface area contributed by atoms with Crippen LogP contribution in [0.2, 0.25) is 0 Å². The van der Waals surface area contributed by atoms with Crippen LogP contribution in [0.25, 0.3) is 0 Å². The van der Waals surface area contributed by atoms with Gasteiger partial charge in [-0.1, -0.05) is 18.2 Å². The molecular formula is C21H19FN2O6. The lowest BCUT2D eigenvalue weighted by Crippen LogP contribution is -2.31. The maximum absolute atomic E-state index is 13.9. The number of hydrogen-bond donors (Lipinski definition) is 1. The van der Waals surface area contributed by atoms with Gasteiger partial charge < -0.3 is 24.4 Å². The molecule has 0 bridgehead atoms. The number of para-hydroxylation sites is 1. The molecule has 1 atom stereocenters. The summed E-state index contributed by atoms with van der Waals surface area (Å²) in [7, 11) is 0. The first-order valence-corrected chi connectivity index (χ1v) is 9.38. The van der Waals surface area contributed by atoms with Gasteiger partial charge in [-0.15, -0.1) is 0 Å². The minimum Gasteiger partial charge on any atom is -0.455 e. The van der Waals surface area contributed by atoms with Crippen molar-refractivity contribution in [2.45, 2.75) is 13.0 Å². The van der Waals surface area contributed by atoms with Gasteiger partial charge >= 0.3 is 5.97 Å². The maximum atomic E-state index is 13.9. The third-order valence-corrected chi connectivity index (χ3v) is 4.87. The predicted molar refractivity (Wildman–Crippen MR) is 102 cm³/mol. The summed E-state index contributed by atoms with van der Waals surface area (Å²) < 4.78 is 29.5. The molecule has 4 rings (SSSR count). The second-order valence-electron chi connectivity index (χ2n) is 6.93. The van der Waals surface area contributed by atoms with Gasteiger partial charge in [-0.05, 0) is 29.8 Å². The van der Waals surface area contributed by atoms with Crippen LogP contribution in [0.1, 0.15) is 12.0 Å². The van der Waals surface area contributed by atoms with Gasteiger partial charge in [0.25, 0.3) is 5.91 Å². The standard InChI is InChI=1S/C21H19FN2O6/c22-15-3-1-2-4-16(15)24-10-14(8-20(24)26)21(27)28-11-19(25)23-9-13-5-6-17-18(7-13)30-12-29-17/h1-7,14H,8-12H2,(H,23,25)/t14-/m0/s1. The topological polar surface area (TPSA) is 94.2 Å². The molecule has 8 nitrogen and oxygen atoms in total. The summed E-state index contributed by atoms with van der Waals surface area (Å²) in [5.41, 5.74) is 0.931. The summed E-state index contributed by atoms with van der Waals surface area (Å²) in [6, 6.07) is 11.2. The van der Waals surface area contributed by atoms with Crippen molar-refractivity contribution in [3.8, 4) is 11.5 Å². The molecule has 2 heterocycles. The Balaban J connectivity index is 1.25. The SMILES string of the molecule is O=C(COC(=O)[C@H]1CC(=O)N(c2ccccc2F)C1)NCc1ccc2c(c1)OCO2. The summed E-state index contributed by atoms with van der Waals surface area (Å²) in [6.45, 7) is -0.0553. The van der Waals surface area contributed by atoms with E-state index >= 15 is 0 Å². The van der Waals surface area contributed by atoms with Gasteiger partial charge in [-0.25, -0.2) is 4.39 Å². The molecule has 2 aromatic carbocycles. The van der Waals surface area contributed by atoms with Crippen molar-refractivity contribution in [2.75, 3.05) is 24.8 Å². The number of benzene rings is 2. The van der Waals surface area contributed by atoms with E-state index in [0.717, 1.165) is 5.56 Å². The number of rotatable bonds is 6. The van der Waals surface area contributed by atoms with Gasteiger partial charge in [0.1, 0.15) is 5.82 Å². The van der Waals surface area contributed by atoms with E-state index in [1.54, 1.807) is 24.3 Å². The van der Waals surface area contributed by atoms with Crippen molar-refractivity contribution in [3.05, 3.63) is 53.8 Å². The van der Waals surface area contributed by atoms with Crippen molar-refractivity contribution >= 4 is 23.5 Å². The third kappa shape index (κ3) is 4.19. The van der Waals surface area contributed by atoms with Crippen LogP contribution in [0.5, 0.6) is 11.5 Å². The van der Waals surface area contributed by atoms with E-state index in [1.165, 1.54) is 23.1 Å². The summed E-state index contributed by atoms with van der Waals surface area (Å²) in [5, 5.41) is 2.65. The summed E-state index contributed by atoms with van der Waals surface area (Å²) in [6.07, 6.45) is -0.0913. The second kappa shape index (κ2) is 8.40. The highest BCUT2D eigenvalue weighted by Gasteiger charge is 2.37. The van der Waals surface area contributed by atoms with E-state index in [0.29, 0.717) is 11.5 Å². The van der Waals surface area contributed by atoms with Gasteiger partial charge in [-0.2, -0.15) is 0 Å². The number of hydrogen-bond acceptors (Lipinski definition) is 6. The number of esters is 1. The van der Waals surface area contributed by atoms with E-state index in [-0.39, 0.29) is 37.9 Å². The third-order valence-electron chi connectivity index (χ3n) is 4.87. The highest BCUT2D eigenvalue weighted by Crippen LogP contribution is 2.32. The van der Waals surface area contributed by atoms with E-state index in [1.807, 2.05) is 0 Å². The molecule has 1 saturated heterocycles. The molecule has 0 aromatic heterocycles. The number of carbonyl (C=O) groups excluding carboxylic acids is 3. The van der Waals surface area contributed by atoms with Gasteiger partial charge in [0.15, 0.2) is 18.1 Å². The van der Waals surface area contributed by atoms with Crippen molar-refractivity contribution in [2.24, 2.45) is 5.92 Å². The van der Waals surface area contributed by atoms with Crippen molar-refractivity contribution in [1.29, 1.82) is 0 Å². The average molecular weight is 414 g/mol. The van der Waals surface area contributed by atoms with Gasteiger partial charge in [0.2, 0.25) is 12.7 Å². The minimum atomic E-state index is -0.751. The Labute approximate surface area is 171 Å². The number of nitrogens with zero attached hydrogens (tertiary/aromatic N) is 1. The molecule has 30 heavy (non-hydrogen) atoms. The molecule has 1 fully saturated rings. The average Bonchev–Trinajstić information content (AvgIpc) is 3.37. The largest absolute Gasteiger partial charge is 0.455 e. The number of nitrogens with one attached hydrogen (secondary N) is 1. The zero-order valence-electron chi connectivity index (χ0n) is 15.9. The molecule has 2 amide bonds. The van der Waals surface area contributed by atoms with Crippen LogP contribution < -0.4 is 19.7 Å². The zero-order valence-corrected chi connectivity index (χ0v) is 15.9. The van der Waals surface area contributed by atoms with Crippen molar-refractivity contribution < 1.29 is 33.0 Å². The van der Waals surface area contributed by atoms with Crippen LogP contribution in [0, 0.1) is 11.7 Å². The first-order chi connectivity index (χ1) is 14.5. The first kappa shape index (κ1) is 19.7. The summed E-state index contributed by atoms with van der Waals surface area (Å²) in [4.78, 5) is 37.6. The Kier molecular flexibility index (Phi) is 5.51.